The molecular weight excluding hydrogens is 532 g/mol. The maximum absolute atomic E-state index is 15.5. The van der Waals surface area contributed by atoms with Gasteiger partial charge < -0.3 is 24.1 Å². The van der Waals surface area contributed by atoms with Crippen molar-refractivity contribution in [2.24, 2.45) is 5.92 Å². The van der Waals surface area contributed by atoms with E-state index >= 15 is 4.39 Å². The van der Waals surface area contributed by atoms with Crippen molar-refractivity contribution in [3.8, 4) is 6.07 Å². The number of carbonyl (C=O) groups is 3. The van der Waals surface area contributed by atoms with Crippen molar-refractivity contribution in [2.75, 3.05) is 7.11 Å². The van der Waals surface area contributed by atoms with E-state index in [1.54, 1.807) is 20.8 Å². The molecular formula is C29H39BFN3O7. The van der Waals surface area contributed by atoms with Gasteiger partial charge in [-0.15, -0.1) is 0 Å². The van der Waals surface area contributed by atoms with Crippen molar-refractivity contribution < 1.29 is 37.6 Å². The summed E-state index contributed by atoms with van der Waals surface area (Å²) in [5, 5.41) is 12.6. The van der Waals surface area contributed by atoms with Gasteiger partial charge in [-0.25, -0.2) is 14.0 Å². The van der Waals surface area contributed by atoms with Crippen LogP contribution in [0.3, 0.4) is 0 Å². The normalized spacial score (nSPS) is 25.0. The Labute approximate surface area is 241 Å². The van der Waals surface area contributed by atoms with Crippen LogP contribution in [-0.4, -0.2) is 72.0 Å². The summed E-state index contributed by atoms with van der Waals surface area (Å²) in [6, 6.07) is 2.47. The highest BCUT2D eigenvalue weighted by molar-refractivity contribution is 6.63. The molecule has 1 aromatic rings. The average Bonchev–Trinajstić information content (AvgIpc) is 3.54. The average molecular weight is 571 g/mol. The molecule has 1 aliphatic carbocycles. The molecule has 2 bridgehead atoms. The van der Waals surface area contributed by atoms with Crippen LogP contribution in [0.5, 0.6) is 0 Å². The third-order valence-corrected chi connectivity index (χ3v) is 8.49. The maximum atomic E-state index is 15.5. The van der Waals surface area contributed by atoms with Gasteiger partial charge in [-0.3, -0.25) is 9.69 Å². The van der Waals surface area contributed by atoms with Gasteiger partial charge in [0.25, 0.3) is 0 Å². The van der Waals surface area contributed by atoms with Gasteiger partial charge in [0.2, 0.25) is 5.91 Å². The first kappa shape index (κ1) is 30.8. The first-order chi connectivity index (χ1) is 19.0. The van der Waals surface area contributed by atoms with E-state index in [0.717, 1.165) is 18.9 Å². The molecule has 4 rings (SSSR count). The summed E-state index contributed by atoms with van der Waals surface area (Å²) in [4.78, 5) is 40.6. The van der Waals surface area contributed by atoms with Crippen LogP contribution in [0.4, 0.5) is 9.18 Å². The zero-order chi connectivity index (χ0) is 30.5. The molecule has 222 valence electrons. The zero-order valence-electron chi connectivity index (χ0n) is 25.0. The third-order valence-electron chi connectivity index (χ3n) is 8.49. The highest BCUT2D eigenvalue weighted by atomic mass is 19.1. The van der Waals surface area contributed by atoms with Gasteiger partial charge in [0.1, 0.15) is 23.5 Å². The molecule has 3 fully saturated rings. The number of carbonyl (C=O) groups excluding carboxylic acids is 3. The Morgan fingerprint density at radius 3 is 2.39 bits per heavy atom. The summed E-state index contributed by atoms with van der Waals surface area (Å²) < 4.78 is 38.0. The number of rotatable bonds is 6. The Hall–Kier alpha value is -3.17. The molecule has 41 heavy (non-hydrogen) atoms. The SMILES string of the molecule is COC(=O)c1cc(C[C@@H](C#N)NC(=O)[C@@H]2[C@H]3CC[C@H](C3)N2C(=O)OC(C)(C)C)c(F)cc1B1OC(C)(C)C(C)(C)O1. The Morgan fingerprint density at radius 2 is 1.83 bits per heavy atom. The summed E-state index contributed by atoms with van der Waals surface area (Å²) in [5.74, 6) is -1.94. The number of hydrogen-bond acceptors (Lipinski definition) is 8. The Bertz CT molecular complexity index is 1260. The molecule has 0 unspecified atom stereocenters. The number of fused-ring (bicyclic) bond motifs is 2. The van der Waals surface area contributed by atoms with Gasteiger partial charge in [0.15, 0.2) is 0 Å². The molecule has 0 aromatic heterocycles. The first-order valence-electron chi connectivity index (χ1n) is 14.0. The molecule has 0 radical (unpaired) electrons. The van der Waals surface area contributed by atoms with Crippen LogP contribution in [0.1, 0.15) is 83.7 Å². The third kappa shape index (κ3) is 6.07. The molecule has 2 heterocycles. The van der Waals surface area contributed by atoms with Gasteiger partial charge in [-0.2, -0.15) is 5.26 Å². The van der Waals surface area contributed by atoms with E-state index in [1.165, 1.54) is 18.1 Å². The molecule has 0 spiro atoms. The molecule has 10 nitrogen and oxygen atoms in total. The number of nitrogens with one attached hydrogen (secondary N) is 1. The van der Waals surface area contributed by atoms with Crippen molar-refractivity contribution in [2.45, 2.75) is 109 Å². The molecule has 2 saturated heterocycles. The number of nitriles is 1. The fraction of sp³-hybridized carbons (Fsp3) is 0.655. The topological polar surface area (TPSA) is 127 Å². The van der Waals surface area contributed by atoms with Crippen LogP contribution < -0.4 is 10.8 Å². The monoisotopic (exact) mass is 571 g/mol. The molecule has 2 amide bonds. The lowest BCUT2D eigenvalue weighted by Gasteiger charge is -2.35. The number of hydrogen-bond donors (Lipinski definition) is 1. The van der Waals surface area contributed by atoms with E-state index in [9.17, 15) is 19.6 Å². The second-order valence-corrected chi connectivity index (χ2v) is 13.1. The van der Waals surface area contributed by atoms with Crippen LogP contribution in [0.2, 0.25) is 0 Å². The van der Waals surface area contributed by atoms with E-state index in [0.29, 0.717) is 6.42 Å². The van der Waals surface area contributed by atoms with Crippen LogP contribution >= 0.6 is 0 Å². The molecule has 1 N–H and O–H groups in total. The fourth-order valence-electron chi connectivity index (χ4n) is 5.75. The second-order valence-electron chi connectivity index (χ2n) is 13.1. The largest absolute Gasteiger partial charge is 0.495 e. The number of benzene rings is 1. The lowest BCUT2D eigenvalue weighted by atomic mass is 9.75. The van der Waals surface area contributed by atoms with Crippen LogP contribution in [-0.2, 0) is 30.0 Å². The quantitative estimate of drug-likeness (QED) is 0.407. The second kappa shape index (κ2) is 10.9. The first-order valence-corrected chi connectivity index (χ1v) is 14.0. The summed E-state index contributed by atoms with van der Waals surface area (Å²) in [6.45, 7) is 12.6. The van der Waals surface area contributed by atoms with Gasteiger partial charge >= 0.3 is 19.2 Å². The molecule has 1 aromatic carbocycles. The van der Waals surface area contributed by atoms with Crippen molar-refractivity contribution in [1.29, 1.82) is 5.26 Å². The van der Waals surface area contributed by atoms with E-state index in [1.807, 2.05) is 33.8 Å². The van der Waals surface area contributed by atoms with E-state index in [-0.39, 0.29) is 35.0 Å². The van der Waals surface area contributed by atoms with Crippen molar-refractivity contribution in [3.05, 3.63) is 29.1 Å². The lowest BCUT2D eigenvalue weighted by molar-refractivity contribution is -0.128. The van der Waals surface area contributed by atoms with Crippen molar-refractivity contribution in [1.82, 2.24) is 10.2 Å². The Balaban J connectivity index is 1.55. The molecule has 1 saturated carbocycles. The number of nitrogens with zero attached hydrogens (tertiary/aromatic N) is 2. The van der Waals surface area contributed by atoms with E-state index < -0.39 is 59.8 Å². The maximum Gasteiger partial charge on any atom is 0.495 e. The van der Waals surface area contributed by atoms with E-state index in [2.05, 4.69) is 5.32 Å². The van der Waals surface area contributed by atoms with Gasteiger partial charge in [-0.1, -0.05) is 0 Å². The fourth-order valence-corrected chi connectivity index (χ4v) is 5.75. The zero-order valence-corrected chi connectivity index (χ0v) is 25.0. The van der Waals surface area contributed by atoms with Crippen molar-refractivity contribution in [3.63, 3.8) is 0 Å². The summed E-state index contributed by atoms with van der Waals surface area (Å²) in [7, 11) is 0.199. The number of methoxy groups -OCH3 is 1. The Morgan fingerprint density at radius 1 is 1.20 bits per heavy atom. The highest BCUT2D eigenvalue weighted by Gasteiger charge is 2.54. The standard InChI is InChI=1S/C29H39BFN3O7/c1-27(2,3)39-26(37)34-19-10-9-16(12-19)23(34)24(35)33-18(15-32)11-17-13-20(25(36)38-8)21(14-22(17)31)30-40-28(4,5)29(6,7)41-30/h13-14,16,18-19,23H,9-12H2,1-8H3,(H,33,35)/t16-,18-,19+,23-/m0/s1. The van der Waals surface area contributed by atoms with Gasteiger partial charge in [-0.05, 0) is 96.8 Å². The van der Waals surface area contributed by atoms with Gasteiger partial charge in [0.05, 0.1) is 29.9 Å². The summed E-state index contributed by atoms with van der Waals surface area (Å²) in [5.41, 5.74) is -1.92. The molecule has 3 aliphatic rings. The minimum absolute atomic E-state index is 0.0365. The smallest absolute Gasteiger partial charge is 0.465 e. The number of ether oxygens (including phenoxy) is 2. The molecule has 12 heteroatoms. The number of piperidine rings is 1. The van der Waals surface area contributed by atoms with Crippen LogP contribution in [0, 0.1) is 23.1 Å². The predicted octanol–water partition coefficient (Wildman–Crippen LogP) is 3.25. The Kier molecular flexibility index (Phi) is 8.19. The number of halogens is 1. The number of esters is 1. The minimum Gasteiger partial charge on any atom is -0.465 e. The predicted molar refractivity (Wildman–Crippen MR) is 148 cm³/mol. The highest BCUT2D eigenvalue weighted by Crippen LogP contribution is 2.43. The number of likely N-dealkylation sites (tertiary alicyclic amines) is 1. The van der Waals surface area contributed by atoms with Crippen LogP contribution in [0.25, 0.3) is 0 Å². The summed E-state index contributed by atoms with van der Waals surface area (Å²) in [6.07, 6.45) is 1.48. The van der Waals surface area contributed by atoms with Gasteiger partial charge in [0, 0.05) is 12.5 Å². The van der Waals surface area contributed by atoms with Crippen molar-refractivity contribution >= 4 is 30.6 Å². The molecule has 4 atom stereocenters. The number of amides is 2. The lowest BCUT2D eigenvalue weighted by Crippen LogP contribution is -2.55. The summed E-state index contributed by atoms with van der Waals surface area (Å²) >= 11 is 0. The van der Waals surface area contributed by atoms with Crippen LogP contribution in [0.15, 0.2) is 12.1 Å². The minimum atomic E-state index is -1.12. The van der Waals surface area contributed by atoms with E-state index in [4.69, 9.17) is 18.8 Å². The molecule has 2 aliphatic heterocycles.